The van der Waals surface area contributed by atoms with Gasteiger partial charge in [0.25, 0.3) is 0 Å². The molecule has 0 saturated heterocycles. The van der Waals surface area contributed by atoms with Gasteiger partial charge in [0.2, 0.25) is 5.78 Å². The summed E-state index contributed by atoms with van der Waals surface area (Å²) in [6.45, 7) is 7.84. The minimum atomic E-state index is -5.33. The van der Waals surface area contributed by atoms with E-state index in [0.29, 0.717) is 38.5 Å². The van der Waals surface area contributed by atoms with E-state index in [1.54, 1.807) is 19.1 Å². The van der Waals surface area contributed by atoms with Gasteiger partial charge in [0, 0.05) is 30.6 Å². The summed E-state index contributed by atoms with van der Waals surface area (Å²) in [5.41, 5.74) is -3.32. The first-order valence-corrected chi connectivity index (χ1v) is 23.0. The predicted octanol–water partition coefficient (Wildman–Crippen LogP) is -3.00. The van der Waals surface area contributed by atoms with Gasteiger partial charge in [0.1, 0.15) is 17.8 Å². The average Bonchev–Trinajstić information content (AvgIpc) is 3.58. The number of phosphoric ester groups is 1. The Hall–Kier alpha value is -0.420. The molecular formula is C44H61Na2O14P. The summed E-state index contributed by atoms with van der Waals surface area (Å²) >= 11 is 0. The molecule has 0 aromatic rings. The molecule has 328 valence electrons. The normalized spacial score (nSPS) is 44.6. The number of phosphoric acid groups is 1. The Balaban J connectivity index is 0.000000224. The maximum absolute atomic E-state index is 12.9. The number of aliphatic hydroxyl groups is 4. The molecule has 0 radical (unpaired) electrons. The Morgan fingerprint density at radius 1 is 0.689 bits per heavy atom. The zero-order valence-electron chi connectivity index (χ0n) is 36.9. The van der Waals surface area contributed by atoms with Crippen molar-refractivity contribution in [2.45, 2.75) is 148 Å². The molecule has 61 heavy (non-hydrogen) atoms. The van der Waals surface area contributed by atoms with Gasteiger partial charge >= 0.3 is 65.1 Å². The predicted molar refractivity (Wildman–Crippen MR) is 206 cm³/mol. The van der Waals surface area contributed by atoms with Crippen LogP contribution in [-0.2, 0) is 37.8 Å². The van der Waals surface area contributed by atoms with Crippen molar-refractivity contribution >= 4 is 36.9 Å². The van der Waals surface area contributed by atoms with E-state index >= 15 is 0 Å². The van der Waals surface area contributed by atoms with E-state index in [4.69, 9.17) is 4.74 Å². The maximum atomic E-state index is 12.9. The molecule has 0 spiro atoms. The second-order valence-electron chi connectivity index (χ2n) is 20.3. The first-order valence-electron chi connectivity index (χ1n) is 21.5. The third-order valence-electron chi connectivity index (χ3n) is 17.8. The number of ketones is 4. The number of carbonyl (C=O) groups excluding carboxylic acids is 5. The van der Waals surface area contributed by atoms with E-state index in [1.165, 1.54) is 6.92 Å². The topological polar surface area (TPSA) is 248 Å². The fourth-order valence-corrected chi connectivity index (χ4v) is 15.1. The maximum Gasteiger partial charge on any atom is 1.00 e. The summed E-state index contributed by atoms with van der Waals surface area (Å²) in [6, 6.07) is 0. The van der Waals surface area contributed by atoms with Crippen LogP contribution in [0, 0.1) is 57.2 Å². The van der Waals surface area contributed by atoms with E-state index < -0.39 is 72.8 Å². The van der Waals surface area contributed by atoms with Crippen LogP contribution in [0.3, 0.4) is 0 Å². The van der Waals surface area contributed by atoms with Gasteiger partial charge in [-0.05, 0) is 136 Å². The monoisotopic (exact) mass is 890 g/mol. The standard InChI is InChI=1S/C23H32O6.C21H31O8P.2Na/c1-13(24)29-12-19(27)23(28)9-7-17-16-5-4-14-10-15(25)6-8-21(14,2)20(16)18(26)11-22(17,23)3;1-19-7-5-13(22)9-12(19)3-4-14-15-6-8-21(25,17(24)11-29-30(26,27)28)20(15,2)10-16(23)18(14)19;;/h10,16-18,20,26,28H,4-9,11-12H2,1-3H3;9,14-16,18,23,25H,3-8,10-11H2,1-2H3,(H2,26,27,28);;/q;;2*+1/p-2/t16-,17-,18-,20+,21-,22-,23-;14-,15-,16-,18+,19-,20-,21-;;/m00../s1. The zero-order chi connectivity index (χ0) is 43.3. The van der Waals surface area contributed by atoms with E-state index in [2.05, 4.69) is 18.4 Å². The molecule has 8 rings (SSSR count). The smallest absolute Gasteiger partial charge is 0.790 e. The van der Waals surface area contributed by atoms with E-state index in [9.17, 15) is 58.8 Å². The minimum Gasteiger partial charge on any atom is -0.790 e. The molecule has 14 nitrogen and oxygen atoms in total. The summed E-state index contributed by atoms with van der Waals surface area (Å²) in [7, 11) is -5.33. The second-order valence-corrected chi connectivity index (χ2v) is 21.5. The van der Waals surface area contributed by atoms with Gasteiger partial charge in [-0.2, -0.15) is 0 Å². The summed E-state index contributed by atoms with van der Waals surface area (Å²) < 4.78 is 19.8. The van der Waals surface area contributed by atoms with E-state index in [-0.39, 0.29) is 130 Å². The number of allylic oxidation sites excluding steroid dienone is 2. The molecule has 4 N–H and O–H groups in total. The SMILES string of the molecule is CC(=O)OCC(=O)[C@@]1(O)CC[C@H]2[C@@H]3CCC4=CC(=O)CC[C@]4(C)[C@H]3[C@@H](O)C[C@@]21C.C[C@]12CCC(=O)C=C1CC[C@@H]1[C@@H]2[C@@H](O)C[C@@]2(C)[C@H]1CC[C@]2(O)C(=O)COP(=O)([O-])[O-].[Na+].[Na+]. The van der Waals surface area contributed by atoms with Crippen molar-refractivity contribution in [1.29, 1.82) is 0 Å². The van der Waals surface area contributed by atoms with E-state index in [0.717, 1.165) is 49.7 Å². The van der Waals surface area contributed by atoms with Gasteiger partial charge in [-0.1, -0.05) is 38.8 Å². The van der Waals surface area contributed by atoms with Crippen LogP contribution in [0.1, 0.15) is 125 Å². The molecule has 6 saturated carbocycles. The molecule has 0 unspecified atom stereocenters. The quantitative estimate of drug-likeness (QED) is 0.113. The fraction of sp³-hybridized carbons (Fsp3) is 0.795. The number of ether oxygens (including phenoxy) is 1. The number of hydrogen-bond acceptors (Lipinski definition) is 14. The number of fused-ring (bicyclic) bond motifs is 10. The zero-order valence-corrected chi connectivity index (χ0v) is 41.8. The number of aliphatic hydroxyl groups excluding tert-OH is 2. The van der Waals surface area contributed by atoms with Crippen molar-refractivity contribution in [1.82, 2.24) is 0 Å². The third-order valence-corrected chi connectivity index (χ3v) is 18.2. The molecule has 6 fully saturated rings. The Bertz CT molecular complexity index is 1920. The van der Waals surface area contributed by atoms with Crippen LogP contribution in [0.4, 0.5) is 0 Å². The number of Topliss-reactive ketones (excluding diaryl/α,β-unsaturated/α-hetero) is 2. The molecule has 0 aliphatic heterocycles. The number of carbonyl (C=O) groups is 5. The third kappa shape index (κ3) is 8.48. The minimum absolute atomic E-state index is 0. The van der Waals surface area contributed by atoms with Gasteiger partial charge in [-0.15, -0.1) is 0 Å². The van der Waals surface area contributed by atoms with Crippen molar-refractivity contribution in [3.63, 3.8) is 0 Å². The Kier molecular flexibility index (Phi) is 15.2. The molecule has 0 bridgehead atoms. The molecule has 8 aliphatic carbocycles. The molecule has 14 atom stereocenters. The fourth-order valence-electron chi connectivity index (χ4n) is 14.8. The second kappa shape index (κ2) is 18.0. The van der Waals surface area contributed by atoms with Crippen LogP contribution in [0.25, 0.3) is 0 Å². The van der Waals surface area contributed by atoms with Crippen molar-refractivity contribution in [3.8, 4) is 0 Å². The summed E-state index contributed by atoms with van der Waals surface area (Å²) in [6.07, 6.45) is 10.1. The molecule has 17 heteroatoms. The Labute approximate surface area is 402 Å². The van der Waals surface area contributed by atoms with Crippen LogP contribution in [0.5, 0.6) is 0 Å². The molecule has 0 aromatic heterocycles. The number of rotatable bonds is 7. The Morgan fingerprint density at radius 2 is 1.08 bits per heavy atom. The summed E-state index contributed by atoms with van der Waals surface area (Å²) in [5.74, 6) is -1.15. The van der Waals surface area contributed by atoms with Crippen LogP contribution < -0.4 is 68.9 Å². The molecule has 8 aliphatic rings. The number of esters is 1. The molecule has 0 amide bonds. The van der Waals surface area contributed by atoms with Crippen molar-refractivity contribution in [2.24, 2.45) is 57.2 Å². The van der Waals surface area contributed by atoms with Gasteiger partial charge in [0.15, 0.2) is 24.0 Å². The van der Waals surface area contributed by atoms with Crippen molar-refractivity contribution in [3.05, 3.63) is 23.3 Å². The average molecular weight is 891 g/mol. The van der Waals surface area contributed by atoms with Gasteiger partial charge in [-0.25, -0.2) is 0 Å². The summed E-state index contributed by atoms with van der Waals surface area (Å²) in [4.78, 5) is 82.3. The van der Waals surface area contributed by atoms with Crippen LogP contribution in [0.15, 0.2) is 23.3 Å². The van der Waals surface area contributed by atoms with Crippen molar-refractivity contribution in [2.75, 3.05) is 13.2 Å². The van der Waals surface area contributed by atoms with Gasteiger partial charge in [0.05, 0.1) is 20.0 Å². The first-order chi connectivity index (χ1) is 27.3. The number of hydrogen-bond donors (Lipinski definition) is 4. The van der Waals surface area contributed by atoms with Crippen LogP contribution in [-0.4, -0.2) is 86.2 Å². The Morgan fingerprint density at radius 3 is 1.46 bits per heavy atom. The van der Waals surface area contributed by atoms with Gasteiger partial charge < -0.3 is 44.0 Å². The molecule has 0 heterocycles. The molecular weight excluding hydrogens is 829 g/mol. The molecule has 0 aromatic carbocycles. The van der Waals surface area contributed by atoms with Crippen LogP contribution >= 0.6 is 7.82 Å². The largest absolute Gasteiger partial charge is 1.00 e. The van der Waals surface area contributed by atoms with Crippen molar-refractivity contribution < 1.29 is 127 Å². The van der Waals surface area contributed by atoms with Gasteiger partial charge in [-0.3, -0.25) is 24.0 Å². The van der Waals surface area contributed by atoms with Crippen LogP contribution in [0.2, 0.25) is 0 Å². The van der Waals surface area contributed by atoms with E-state index in [1.807, 2.05) is 6.92 Å². The first kappa shape index (κ1) is 51.6. The summed E-state index contributed by atoms with van der Waals surface area (Å²) in [5, 5.41) is 45.4.